The smallest absolute Gasteiger partial charge is 0.306 e. The normalized spacial score (nSPS) is 23.5. The van der Waals surface area contributed by atoms with E-state index in [1.54, 1.807) is 0 Å². The van der Waals surface area contributed by atoms with Gasteiger partial charge in [0.15, 0.2) is 0 Å². The molecule has 1 aliphatic carbocycles. The van der Waals surface area contributed by atoms with Gasteiger partial charge < -0.3 is 15.3 Å². The molecule has 7 heteroatoms. The van der Waals surface area contributed by atoms with Crippen molar-refractivity contribution in [3.05, 3.63) is 24.3 Å². The zero-order valence-electron chi connectivity index (χ0n) is 12.5. The number of hydrogen-bond acceptors (Lipinski definition) is 4. The Morgan fingerprint density at radius 3 is 2.83 bits per heavy atom. The van der Waals surface area contributed by atoms with Gasteiger partial charge in [0.25, 0.3) is 0 Å². The van der Waals surface area contributed by atoms with Crippen LogP contribution in [-0.4, -0.2) is 41.2 Å². The van der Waals surface area contributed by atoms with Gasteiger partial charge in [-0.15, -0.1) is 11.8 Å². The molecule has 2 amide bonds. The van der Waals surface area contributed by atoms with Crippen LogP contribution >= 0.6 is 11.8 Å². The third-order valence-electron chi connectivity index (χ3n) is 4.26. The highest BCUT2D eigenvalue weighted by molar-refractivity contribution is 8.00. The van der Waals surface area contributed by atoms with E-state index >= 15 is 0 Å². The highest BCUT2D eigenvalue weighted by atomic mass is 32.2. The summed E-state index contributed by atoms with van der Waals surface area (Å²) in [6.07, 6.45) is 1.72. The summed E-state index contributed by atoms with van der Waals surface area (Å²) in [6, 6.07) is 7.41. The van der Waals surface area contributed by atoms with Crippen molar-refractivity contribution in [1.82, 2.24) is 5.32 Å². The number of aliphatic carboxylic acids is 1. The third-order valence-corrected chi connectivity index (χ3v) is 5.30. The molecule has 0 saturated heterocycles. The second kappa shape index (κ2) is 6.62. The zero-order chi connectivity index (χ0) is 16.4. The second-order valence-electron chi connectivity index (χ2n) is 5.85. The van der Waals surface area contributed by atoms with Gasteiger partial charge in [-0.25, -0.2) is 0 Å². The number of fused-ring (bicyclic) bond motifs is 1. The maximum Gasteiger partial charge on any atom is 0.306 e. The summed E-state index contributed by atoms with van der Waals surface area (Å²) in [5.41, 5.74) is 0.763. The molecule has 6 nitrogen and oxygen atoms in total. The highest BCUT2D eigenvalue weighted by Gasteiger charge is 2.32. The highest BCUT2D eigenvalue weighted by Crippen LogP contribution is 2.34. The third kappa shape index (κ3) is 3.50. The number of amides is 2. The van der Waals surface area contributed by atoms with Gasteiger partial charge in [0.05, 0.1) is 17.4 Å². The number of benzene rings is 1. The standard InChI is InChI=1S/C16H18N2O4S/c19-14(17-11-6-5-10(7-11)16(21)22)8-18-12-3-1-2-4-13(12)23-9-15(18)20/h1-4,10-11H,5-9H2,(H,17,19)(H,21,22)/t10-,11+/m0/s1. The molecule has 1 heterocycles. The van der Waals surface area contributed by atoms with E-state index in [4.69, 9.17) is 5.11 Å². The summed E-state index contributed by atoms with van der Waals surface area (Å²) >= 11 is 1.48. The van der Waals surface area contributed by atoms with Gasteiger partial charge in [0, 0.05) is 10.9 Å². The number of hydrogen-bond donors (Lipinski definition) is 2. The molecule has 122 valence electrons. The van der Waals surface area contributed by atoms with Gasteiger partial charge in [-0.2, -0.15) is 0 Å². The zero-order valence-corrected chi connectivity index (χ0v) is 13.3. The molecule has 0 spiro atoms. The molecule has 1 aromatic rings. The molecule has 2 N–H and O–H groups in total. The van der Waals surface area contributed by atoms with Crippen molar-refractivity contribution in [1.29, 1.82) is 0 Å². The van der Waals surface area contributed by atoms with Crippen LogP contribution in [0.2, 0.25) is 0 Å². The number of thioether (sulfide) groups is 1. The molecule has 1 saturated carbocycles. The van der Waals surface area contributed by atoms with Crippen LogP contribution in [-0.2, 0) is 14.4 Å². The van der Waals surface area contributed by atoms with Crippen molar-refractivity contribution in [2.45, 2.75) is 30.2 Å². The fourth-order valence-electron chi connectivity index (χ4n) is 3.08. The summed E-state index contributed by atoms with van der Waals surface area (Å²) in [5.74, 6) is -1.18. The van der Waals surface area contributed by atoms with Crippen LogP contribution in [0.1, 0.15) is 19.3 Å². The lowest BCUT2D eigenvalue weighted by molar-refractivity contribution is -0.141. The topological polar surface area (TPSA) is 86.7 Å². The Balaban J connectivity index is 1.62. The molecular weight excluding hydrogens is 316 g/mol. The summed E-state index contributed by atoms with van der Waals surface area (Å²) in [4.78, 5) is 37.8. The van der Waals surface area contributed by atoms with Crippen molar-refractivity contribution < 1.29 is 19.5 Å². The van der Waals surface area contributed by atoms with E-state index in [-0.39, 0.29) is 30.3 Å². The van der Waals surface area contributed by atoms with E-state index in [1.807, 2.05) is 24.3 Å². The molecule has 0 radical (unpaired) electrons. The van der Waals surface area contributed by atoms with Crippen molar-refractivity contribution >= 4 is 35.2 Å². The largest absolute Gasteiger partial charge is 0.481 e. The molecule has 2 atom stereocenters. The first-order valence-electron chi connectivity index (χ1n) is 7.59. The number of anilines is 1. The Morgan fingerprint density at radius 2 is 2.09 bits per heavy atom. The van der Waals surface area contributed by atoms with Crippen LogP contribution < -0.4 is 10.2 Å². The minimum atomic E-state index is -0.807. The Bertz CT molecular complexity index is 649. The molecule has 0 bridgehead atoms. The average molecular weight is 334 g/mol. The summed E-state index contributed by atoms with van der Waals surface area (Å²) in [5, 5.41) is 11.9. The monoisotopic (exact) mass is 334 g/mol. The number of carbonyl (C=O) groups excluding carboxylic acids is 2. The minimum absolute atomic E-state index is 0.0232. The number of nitrogens with one attached hydrogen (secondary N) is 1. The van der Waals surface area contributed by atoms with Gasteiger partial charge in [-0.3, -0.25) is 14.4 Å². The molecule has 0 unspecified atom stereocenters. The number of para-hydroxylation sites is 1. The SMILES string of the molecule is O=C(CN1C(=O)CSc2ccccc21)N[C@@H]1CC[C@H](C(=O)O)C1. The Kier molecular flexibility index (Phi) is 4.56. The molecule has 1 aromatic carbocycles. The number of carboxylic acids is 1. The Labute approximate surface area is 138 Å². The van der Waals surface area contributed by atoms with E-state index in [1.165, 1.54) is 16.7 Å². The van der Waals surface area contributed by atoms with Crippen LogP contribution in [0.25, 0.3) is 0 Å². The first-order chi connectivity index (χ1) is 11.0. The van der Waals surface area contributed by atoms with Gasteiger partial charge >= 0.3 is 5.97 Å². The lowest BCUT2D eigenvalue weighted by Gasteiger charge is -2.28. The lowest BCUT2D eigenvalue weighted by atomic mass is 10.1. The number of rotatable bonds is 4. The average Bonchev–Trinajstić information content (AvgIpc) is 2.99. The van der Waals surface area contributed by atoms with Crippen molar-refractivity contribution in [3.8, 4) is 0 Å². The van der Waals surface area contributed by atoms with E-state index in [2.05, 4.69) is 5.32 Å². The summed E-state index contributed by atoms with van der Waals surface area (Å²) < 4.78 is 0. The predicted molar refractivity (Wildman–Crippen MR) is 86.4 cm³/mol. The van der Waals surface area contributed by atoms with Crippen molar-refractivity contribution in [2.24, 2.45) is 5.92 Å². The fourth-order valence-corrected chi connectivity index (χ4v) is 4.02. The molecule has 1 aliphatic heterocycles. The summed E-state index contributed by atoms with van der Waals surface area (Å²) in [6.45, 7) is -0.0232. The van der Waals surface area contributed by atoms with Gasteiger partial charge in [0.2, 0.25) is 11.8 Å². The second-order valence-corrected chi connectivity index (χ2v) is 6.87. The molecule has 23 heavy (non-hydrogen) atoms. The molecule has 2 aliphatic rings. The fraction of sp³-hybridized carbons (Fsp3) is 0.438. The Morgan fingerprint density at radius 1 is 1.30 bits per heavy atom. The molecule has 0 aromatic heterocycles. The van der Waals surface area contributed by atoms with Crippen molar-refractivity contribution in [2.75, 3.05) is 17.2 Å². The van der Waals surface area contributed by atoms with E-state index in [0.717, 1.165) is 10.6 Å². The van der Waals surface area contributed by atoms with Gasteiger partial charge in [-0.1, -0.05) is 12.1 Å². The van der Waals surface area contributed by atoms with E-state index in [0.29, 0.717) is 25.0 Å². The maximum atomic E-state index is 12.2. The molecule has 1 fully saturated rings. The first kappa shape index (κ1) is 15.9. The first-order valence-corrected chi connectivity index (χ1v) is 8.57. The van der Waals surface area contributed by atoms with Crippen LogP contribution in [0.15, 0.2) is 29.2 Å². The quantitative estimate of drug-likeness (QED) is 0.871. The van der Waals surface area contributed by atoms with Crippen LogP contribution in [0.5, 0.6) is 0 Å². The number of carbonyl (C=O) groups is 3. The van der Waals surface area contributed by atoms with E-state index in [9.17, 15) is 14.4 Å². The molecular formula is C16H18N2O4S. The predicted octanol–water partition coefficient (Wildman–Crippen LogP) is 1.49. The molecule has 3 rings (SSSR count). The summed E-state index contributed by atoms with van der Waals surface area (Å²) in [7, 11) is 0. The van der Waals surface area contributed by atoms with Crippen molar-refractivity contribution in [3.63, 3.8) is 0 Å². The minimum Gasteiger partial charge on any atom is -0.481 e. The maximum absolute atomic E-state index is 12.2. The van der Waals surface area contributed by atoms with Gasteiger partial charge in [-0.05, 0) is 31.4 Å². The van der Waals surface area contributed by atoms with E-state index < -0.39 is 5.97 Å². The Hall–Kier alpha value is -2.02. The van der Waals surface area contributed by atoms with Gasteiger partial charge in [0.1, 0.15) is 6.54 Å². The lowest BCUT2D eigenvalue weighted by Crippen LogP contribution is -2.45. The van der Waals surface area contributed by atoms with Crippen LogP contribution in [0.3, 0.4) is 0 Å². The number of carboxylic acid groups (broad SMARTS) is 1. The van der Waals surface area contributed by atoms with Crippen LogP contribution in [0.4, 0.5) is 5.69 Å². The number of nitrogens with zero attached hydrogens (tertiary/aromatic N) is 1. The van der Waals surface area contributed by atoms with Crippen LogP contribution in [0, 0.1) is 5.92 Å².